The minimum atomic E-state index is 0.670. The number of hydrogen-bond acceptors (Lipinski definition) is 3. The molecule has 1 aliphatic rings. The van der Waals surface area contributed by atoms with E-state index in [-0.39, 0.29) is 0 Å². The van der Waals surface area contributed by atoms with Crippen LogP contribution in [0, 0.1) is 6.92 Å². The Morgan fingerprint density at radius 2 is 2.11 bits per heavy atom. The molecular formula is C16H17NS2. The predicted octanol–water partition coefficient (Wildman–Crippen LogP) is 4.56. The maximum absolute atomic E-state index is 5.80. The number of fused-ring (bicyclic) bond motifs is 1. The highest BCUT2D eigenvalue weighted by Gasteiger charge is 2.22. The van der Waals surface area contributed by atoms with Crippen LogP contribution in [0.3, 0.4) is 0 Å². The average Bonchev–Trinajstić information content (AvgIpc) is 2.81. The van der Waals surface area contributed by atoms with Crippen LogP contribution in [0.2, 0.25) is 0 Å². The molecule has 0 saturated carbocycles. The third kappa shape index (κ3) is 2.77. The van der Waals surface area contributed by atoms with Crippen LogP contribution >= 0.6 is 23.5 Å². The van der Waals surface area contributed by atoms with Crippen molar-refractivity contribution in [3.8, 4) is 0 Å². The number of anilines is 1. The van der Waals surface area contributed by atoms with Gasteiger partial charge in [0.15, 0.2) is 0 Å². The van der Waals surface area contributed by atoms with Gasteiger partial charge in [0.2, 0.25) is 0 Å². The van der Waals surface area contributed by atoms with E-state index in [0.29, 0.717) is 5.92 Å². The first kappa shape index (κ1) is 12.9. The fourth-order valence-electron chi connectivity index (χ4n) is 2.39. The number of nitrogens with two attached hydrogens (primary N) is 1. The van der Waals surface area contributed by atoms with Gasteiger partial charge in [-0.1, -0.05) is 18.2 Å². The maximum Gasteiger partial charge on any atom is 0.0317 e. The molecule has 2 aromatic rings. The molecule has 98 valence electrons. The lowest BCUT2D eigenvalue weighted by Gasteiger charge is -2.12. The maximum atomic E-state index is 5.80. The van der Waals surface area contributed by atoms with Gasteiger partial charge in [-0.2, -0.15) is 0 Å². The van der Waals surface area contributed by atoms with Gasteiger partial charge in [0.1, 0.15) is 0 Å². The summed E-state index contributed by atoms with van der Waals surface area (Å²) in [6, 6.07) is 15.0. The van der Waals surface area contributed by atoms with Crippen molar-refractivity contribution in [2.45, 2.75) is 22.6 Å². The van der Waals surface area contributed by atoms with Gasteiger partial charge in [0.05, 0.1) is 0 Å². The van der Waals surface area contributed by atoms with Crippen LogP contribution in [0.5, 0.6) is 0 Å². The predicted molar refractivity (Wildman–Crippen MR) is 86.2 cm³/mol. The van der Waals surface area contributed by atoms with E-state index in [1.54, 1.807) is 0 Å². The summed E-state index contributed by atoms with van der Waals surface area (Å²) >= 11 is 3.93. The molecule has 1 nitrogen and oxygen atoms in total. The molecule has 2 N–H and O–H groups in total. The number of aryl methyl sites for hydroxylation is 1. The summed E-state index contributed by atoms with van der Waals surface area (Å²) in [7, 11) is 0. The third-order valence-corrected chi connectivity index (χ3v) is 6.03. The number of rotatable bonds is 3. The summed E-state index contributed by atoms with van der Waals surface area (Å²) < 4.78 is 0. The fourth-order valence-corrected chi connectivity index (χ4v) is 4.92. The van der Waals surface area contributed by atoms with Gasteiger partial charge in [-0.3, -0.25) is 0 Å². The highest BCUT2D eigenvalue weighted by atomic mass is 32.2. The molecule has 0 radical (unpaired) electrons. The summed E-state index contributed by atoms with van der Waals surface area (Å²) in [6.45, 7) is 2.13. The van der Waals surface area contributed by atoms with Crippen molar-refractivity contribution in [1.82, 2.24) is 0 Å². The molecule has 0 aromatic heterocycles. The molecule has 0 amide bonds. The SMILES string of the molecule is Cc1cc(N)ccc1SCC1CSc2ccccc21. The zero-order valence-electron chi connectivity index (χ0n) is 10.9. The van der Waals surface area contributed by atoms with E-state index < -0.39 is 0 Å². The molecule has 1 atom stereocenters. The molecule has 0 aliphatic carbocycles. The summed E-state index contributed by atoms with van der Waals surface area (Å²) in [6.07, 6.45) is 0. The first-order valence-electron chi connectivity index (χ1n) is 6.44. The van der Waals surface area contributed by atoms with Gasteiger partial charge in [0, 0.05) is 32.9 Å². The van der Waals surface area contributed by atoms with Gasteiger partial charge < -0.3 is 5.73 Å². The van der Waals surface area contributed by atoms with Crippen molar-refractivity contribution in [1.29, 1.82) is 0 Å². The molecule has 0 saturated heterocycles. The van der Waals surface area contributed by atoms with Crippen LogP contribution in [0.15, 0.2) is 52.3 Å². The standard InChI is InChI=1S/C16H17NS2/c1-11-8-13(17)6-7-15(11)18-9-12-10-19-16-5-3-2-4-14(12)16/h2-8,12H,9-10,17H2,1H3. The van der Waals surface area contributed by atoms with Gasteiger partial charge in [-0.05, 0) is 42.3 Å². The molecule has 2 aromatic carbocycles. The van der Waals surface area contributed by atoms with Gasteiger partial charge in [0.25, 0.3) is 0 Å². The Labute approximate surface area is 123 Å². The van der Waals surface area contributed by atoms with E-state index >= 15 is 0 Å². The van der Waals surface area contributed by atoms with Crippen molar-refractivity contribution >= 4 is 29.2 Å². The molecule has 1 unspecified atom stereocenters. The smallest absolute Gasteiger partial charge is 0.0317 e. The topological polar surface area (TPSA) is 26.0 Å². The van der Waals surface area contributed by atoms with Crippen molar-refractivity contribution in [2.75, 3.05) is 17.2 Å². The van der Waals surface area contributed by atoms with Crippen LogP contribution < -0.4 is 5.73 Å². The normalized spacial score (nSPS) is 17.4. The zero-order chi connectivity index (χ0) is 13.2. The quantitative estimate of drug-likeness (QED) is 0.662. The monoisotopic (exact) mass is 287 g/mol. The molecule has 1 aliphatic heterocycles. The second kappa shape index (κ2) is 5.51. The average molecular weight is 287 g/mol. The summed E-state index contributed by atoms with van der Waals surface area (Å²) in [5.74, 6) is 3.03. The van der Waals surface area contributed by atoms with E-state index in [1.165, 1.54) is 26.7 Å². The second-order valence-corrected chi connectivity index (χ2v) is 7.01. The molecule has 0 spiro atoms. The molecule has 19 heavy (non-hydrogen) atoms. The summed E-state index contributed by atoms with van der Waals surface area (Å²) in [5, 5.41) is 0. The van der Waals surface area contributed by atoms with Gasteiger partial charge in [-0.15, -0.1) is 23.5 Å². The van der Waals surface area contributed by atoms with Gasteiger partial charge >= 0.3 is 0 Å². The van der Waals surface area contributed by atoms with Crippen molar-refractivity contribution < 1.29 is 0 Å². The van der Waals surface area contributed by atoms with E-state index in [9.17, 15) is 0 Å². The largest absolute Gasteiger partial charge is 0.399 e. The minimum Gasteiger partial charge on any atom is -0.399 e. The number of benzene rings is 2. The molecule has 3 heteroatoms. The molecular weight excluding hydrogens is 270 g/mol. The lowest BCUT2D eigenvalue weighted by Crippen LogP contribution is -2.00. The summed E-state index contributed by atoms with van der Waals surface area (Å²) in [4.78, 5) is 2.81. The van der Waals surface area contributed by atoms with Crippen LogP contribution in [-0.4, -0.2) is 11.5 Å². The lowest BCUT2D eigenvalue weighted by molar-refractivity contribution is 0.896. The Morgan fingerprint density at radius 1 is 1.26 bits per heavy atom. The Morgan fingerprint density at radius 3 is 2.95 bits per heavy atom. The molecule has 3 rings (SSSR count). The third-order valence-electron chi connectivity index (χ3n) is 3.44. The molecule has 0 bridgehead atoms. The first-order valence-corrected chi connectivity index (χ1v) is 8.42. The Hall–Kier alpha value is -1.06. The first-order chi connectivity index (χ1) is 9.24. The van der Waals surface area contributed by atoms with Crippen LogP contribution in [0.25, 0.3) is 0 Å². The zero-order valence-corrected chi connectivity index (χ0v) is 12.6. The minimum absolute atomic E-state index is 0.670. The van der Waals surface area contributed by atoms with Crippen molar-refractivity contribution in [3.05, 3.63) is 53.6 Å². The second-order valence-electron chi connectivity index (χ2n) is 4.88. The number of thioether (sulfide) groups is 2. The Kier molecular flexibility index (Phi) is 3.76. The fraction of sp³-hybridized carbons (Fsp3) is 0.250. The molecule has 0 fully saturated rings. The van der Waals surface area contributed by atoms with Crippen LogP contribution in [-0.2, 0) is 0 Å². The van der Waals surface area contributed by atoms with Crippen LogP contribution in [0.1, 0.15) is 17.0 Å². The van der Waals surface area contributed by atoms with E-state index in [4.69, 9.17) is 5.73 Å². The van der Waals surface area contributed by atoms with Crippen LogP contribution in [0.4, 0.5) is 5.69 Å². The van der Waals surface area contributed by atoms with Gasteiger partial charge in [-0.25, -0.2) is 0 Å². The van der Waals surface area contributed by atoms with E-state index in [0.717, 1.165) is 11.4 Å². The lowest BCUT2D eigenvalue weighted by atomic mass is 10.0. The van der Waals surface area contributed by atoms with E-state index in [2.05, 4.69) is 43.3 Å². The van der Waals surface area contributed by atoms with Crippen molar-refractivity contribution in [3.63, 3.8) is 0 Å². The Bertz CT molecular complexity index is 595. The number of hydrogen-bond donors (Lipinski definition) is 1. The highest BCUT2D eigenvalue weighted by Crippen LogP contribution is 2.42. The van der Waals surface area contributed by atoms with Crippen molar-refractivity contribution in [2.24, 2.45) is 0 Å². The Balaban J connectivity index is 1.71. The molecule has 1 heterocycles. The van der Waals surface area contributed by atoms with E-state index in [1.807, 2.05) is 29.6 Å². The number of nitrogen functional groups attached to an aromatic ring is 1. The highest BCUT2D eigenvalue weighted by molar-refractivity contribution is 8.00. The summed E-state index contributed by atoms with van der Waals surface area (Å²) in [5.41, 5.74) is 9.45.